The maximum Gasteiger partial charge on any atom is 0.258 e. The number of para-hydroxylation sites is 1. The molecule has 0 unspecified atom stereocenters. The molecule has 0 aliphatic heterocycles. The van der Waals surface area contributed by atoms with Gasteiger partial charge in [-0.05, 0) is 55.9 Å². The number of amides is 1. The number of hydrogen-bond donors (Lipinski definition) is 2. The Hall–Kier alpha value is -3.32. The monoisotopic (exact) mass is 403 g/mol. The van der Waals surface area contributed by atoms with Gasteiger partial charge in [0.1, 0.15) is 5.65 Å². The molecule has 6 nitrogen and oxygen atoms in total. The Bertz CT molecular complexity index is 1220. The van der Waals surface area contributed by atoms with E-state index in [9.17, 15) is 4.79 Å². The predicted molar refractivity (Wildman–Crippen MR) is 119 cm³/mol. The van der Waals surface area contributed by atoms with Crippen molar-refractivity contribution in [2.75, 3.05) is 6.54 Å². The second kappa shape index (κ2) is 7.97. The zero-order valence-corrected chi connectivity index (χ0v) is 17.1. The van der Waals surface area contributed by atoms with Gasteiger partial charge in [0.05, 0.1) is 11.1 Å². The van der Waals surface area contributed by atoms with E-state index in [1.165, 1.54) is 22.5 Å². The summed E-state index contributed by atoms with van der Waals surface area (Å²) in [5, 5.41) is 8.46. The van der Waals surface area contributed by atoms with E-state index in [4.69, 9.17) is 17.2 Å². The highest BCUT2D eigenvalue weighted by Gasteiger charge is 2.14. The molecule has 3 aromatic heterocycles. The van der Waals surface area contributed by atoms with Gasteiger partial charge in [-0.15, -0.1) is 0 Å². The predicted octanol–water partition coefficient (Wildman–Crippen LogP) is 3.51. The molecular formula is C22H21N5OS. The summed E-state index contributed by atoms with van der Waals surface area (Å²) in [5.41, 5.74) is 4.78. The van der Waals surface area contributed by atoms with Crippen LogP contribution in [0.15, 0.2) is 54.9 Å². The Labute approximate surface area is 174 Å². The Morgan fingerprint density at radius 2 is 2.00 bits per heavy atom. The summed E-state index contributed by atoms with van der Waals surface area (Å²) in [5.74, 6) is -0.277. The van der Waals surface area contributed by atoms with Crippen LogP contribution in [0.25, 0.3) is 21.9 Å². The first-order chi connectivity index (χ1) is 14.0. The minimum Gasteiger partial charge on any atom is -0.361 e. The van der Waals surface area contributed by atoms with Gasteiger partial charge in [0.15, 0.2) is 5.11 Å². The Morgan fingerprint density at radius 3 is 2.79 bits per heavy atom. The van der Waals surface area contributed by atoms with Gasteiger partial charge in [0.2, 0.25) is 0 Å². The first kappa shape index (κ1) is 19.0. The molecule has 0 fully saturated rings. The fraction of sp³-hybridized carbons (Fsp3) is 0.182. The van der Waals surface area contributed by atoms with E-state index in [2.05, 4.69) is 45.3 Å². The molecule has 29 heavy (non-hydrogen) atoms. The summed E-state index contributed by atoms with van der Waals surface area (Å²) in [7, 11) is 0. The highest BCUT2D eigenvalue weighted by atomic mass is 32.1. The molecule has 4 aromatic rings. The fourth-order valence-corrected chi connectivity index (χ4v) is 3.80. The highest BCUT2D eigenvalue weighted by Crippen LogP contribution is 2.30. The van der Waals surface area contributed by atoms with E-state index in [1.54, 1.807) is 18.3 Å². The van der Waals surface area contributed by atoms with Crippen molar-refractivity contribution in [2.45, 2.75) is 20.4 Å². The smallest absolute Gasteiger partial charge is 0.258 e. The average Bonchev–Trinajstić information content (AvgIpc) is 3.02. The van der Waals surface area contributed by atoms with Crippen molar-refractivity contribution < 1.29 is 4.79 Å². The largest absolute Gasteiger partial charge is 0.361 e. The summed E-state index contributed by atoms with van der Waals surface area (Å²) >= 11 is 5.27. The first-order valence-corrected chi connectivity index (χ1v) is 9.80. The van der Waals surface area contributed by atoms with Crippen molar-refractivity contribution in [1.29, 1.82) is 0 Å². The number of carbonyl (C=O) groups excluding carboxylic acids is 1. The normalized spacial score (nSPS) is 11.0. The van der Waals surface area contributed by atoms with Gasteiger partial charge in [-0.2, -0.15) is 0 Å². The number of nitrogens with one attached hydrogen (secondary N) is 2. The van der Waals surface area contributed by atoms with Gasteiger partial charge in [0, 0.05) is 41.9 Å². The summed E-state index contributed by atoms with van der Waals surface area (Å²) in [6, 6.07) is 13.8. The summed E-state index contributed by atoms with van der Waals surface area (Å²) in [6.45, 7) is 5.36. The topological polar surface area (TPSA) is 71.8 Å². The lowest BCUT2D eigenvalue weighted by Gasteiger charge is -2.11. The van der Waals surface area contributed by atoms with Crippen molar-refractivity contribution in [2.24, 2.45) is 0 Å². The maximum atomic E-state index is 12.2. The number of fused-ring (bicyclic) bond motifs is 3. The third kappa shape index (κ3) is 3.82. The number of benzene rings is 1. The molecule has 0 bridgehead atoms. The summed E-state index contributed by atoms with van der Waals surface area (Å²) in [6.07, 6.45) is 3.13. The second-order valence-corrected chi connectivity index (χ2v) is 7.31. The van der Waals surface area contributed by atoms with E-state index in [-0.39, 0.29) is 5.91 Å². The van der Waals surface area contributed by atoms with Crippen LogP contribution < -0.4 is 10.6 Å². The molecule has 0 saturated carbocycles. The van der Waals surface area contributed by atoms with Gasteiger partial charge < -0.3 is 9.88 Å². The molecule has 0 saturated heterocycles. The standard InChI is InChI=1S/C22H21N5OS/c1-14-12-15(2)25-20-19(14)17-7-3-4-8-18(17)27(20)11-10-24-22(29)26-21(28)16-6-5-9-23-13-16/h3-9,12-13H,10-11H2,1-2H3,(H2,24,26,28,29). The number of pyridine rings is 2. The van der Waals surface area contributed by atoms with Crippen LogP contribution in [0, 0.1) is 13.8 Å². The molecule has 0 aliphatic rings. The molecule has 146 valence electrons. The van der Waals surface area contributed by atoms with Crippen LogP contribution >= 0.6 is 12.2 Å². The zero-order chi connectivity index (χ0) is 20.4. The van der Waals surface area contributed by atoms with Gasteiger partial charge >= 0.3 is 0 Å². The van der Waals surface area contributed by atoms with Crippen LogP contribution in [0.2, 0.25) is 0 Å². The lowest BCUT2D eigenvalue weighted by molar-refractivity contribution is 0.0976. The van der Waals surface area contributed by atoms with Crippen LogP contribution in [-0.4, -0.2) is 32.1 Å². The van der Waals surface area contributed by atoms with Crippen LogP contribution in [0.3, 0.4) is 0 Å². The number of thiocarbonyl (C=S) groups is 1. The third-order valence-electron chi connectivity index (χ3n) is 4.82. The SMILES string of the molecule is Cc1cc(C)c2c3ccccc3n(CCNC(=S)NC(=O)c3cccnc3)c2n1. The van der Waals surface area contributed by atoms with Crippen molar-refractivity contribution in [3.8, 4) is 0 Å². The molecule has 0 atom stereocenters. The molecule has 3 heterocycles. The van der Waals surface area contributed by atoms with E-state index in [0.29, 0.717) is 23.8 Å². The van der Waals surface area contributed by atoms with E-state index >= 15 is 0 Å². The molecule has 7 heteroatoms. The van der Waals surface area contributed by atoms with Crippen LogP contribution in [0.4, 0.5) is 0 Å². The van der Waals surface area contributed by atoms with Crippen LogP contribution in [-0.2, 0) is 6.54 Å². The van der Waals surface area contributed by atoms with Crippen molar-refractivity contribution in [3.63, 3.8) is 0 Å². The Kier molecular flexibility index (Phi) is 5.22. The van der Waals surface area contributed by atoms with Crippen molar-refractivity contribution >= 4 is 45.2 Å². The highest BCUT2D eigenvalue weighted by molar-refractivity contribution is 7.80. The first-order valence-electron chi connectivity index (χ1n) is 9.39. The van der Waals surface area contributed by atoms with Crippen LogP contribution in [0.5, 0.6) is 0 Å². The number of aryl methyl sites for hydroxylation is 2. The summed E-state index contributed by atoms with van der Waals surface area (Å²) < 4.78 is 2.20. The fourth-order valence-electron chi connectivity index (χ4n) is 3.60. The Balaban J connectivity index is 1.51. The number of carbonyl (C=O) groups is 1. The second-order valence-electron chi connectivity index (χ2n) is 6.90. The number of aromatic nitrogens is 3. The van der Waals surface area contributed by atoms with E-state index in [1.807, 2.05) is 19.1 Å². The lowest BCUT2D eigenvalue weighted by Crippen LogP contribution is -2.40. The minimum absolute atomic E-state index is 0.277. The lowest BCUT2D eigenvalue weighted by atomic mass is 10.1. The van der Waals surface area contributed by atoms with E-state index in [0.717, 1.165) is 16.9 Å². The molecule has 0 radical (unpaired) electrons. The molecule has 0 aliphatic carbocycles. The molecule has 2 N–H and O–H groups in total. The zero-order valence-electron chi connectivity index (χ0n) is 16.3. The number of hydrogen-bond acceptors (Lipinski definition) is 4. The van der Waals surface area contributed by atoms with Gasteiger partial charge in [-0.25, -0.2) is 4.98 Å². The summed E-state index contributed by atoms with van der Waals surface area (Å²) in [4.78, 5) is 20.9. The quantitative estimate of drug-likeness (QED) is 0.510. The molecular weight excluding hydrogens is 382 g/mol. The Morgan fingerprint density at radius 1 is 1.17 bits per heavy atom. The molecule has 4 rings (SSSR count). The van der Waals surface area contributed by atoms with Gasteiger partial charge in [0.25, 0.3) is 5.91 Å². The molecule has 1 aromatic carbocycles. The van der Waals surface area contributed by atoms with E-state index < -0.39 is 0 Å². The molecule has 0 spiro atoms. The average molecular weight is 404 g/mol. The number of nitrogens with zero attached hydrogens (tertiary/aromatic N) is 3. The van der Waals surface area contributed by atoms with Crippen molar-refractivity contribution in [3.05, 3.63) is 71.7 Å². The van der Waals surface area contributed by atoms with Crippen molar-refractivity contribution in [1.82, 2.24) is 25.2 Å². The van der Waals surface area contributed by atoms with Gasteiger partial charge in [-0.3, -0.25) is 15.1 Å². The molecule has 1 amide bonds. The third-order valence-corrected chi connectivity index (χ3v) is 5.06. The number of rotatable bonds is 4. The van der Waals surface area contributed by atoms with Crippen LogP contribution in [0.1, 0.15) is 21.6 Å². The maximum absolute atomic E-state index is 12.2. The van der Waals surface area contributed by atoms with Gasteiger partial charge in [-0.1, -0.05) is 18.2 Å². The minimum atomic E-state index is -0.277.